The Labute approximate surface area is 246 Å². The first-order chi connectivity index (χ1) is 20.0. The van der Waals surface area contributed by atoms with Crippen molar-refractivity contribution >= 4 is 18.1 Å². The number of hydrogen-bond donors (Lipinski definition) is 1. The molecule has 1 saturated heterocycles. The van der Waals surface area contributed by atoms with E-state index in [2.05, 4.69) is 0 Å². The van der Waals surface area contributed by atoms with Crippen LogP contribution in [0.5, 0.6) is 0 Å². The quantitative estimate of drug-likeness (QED) is 0.279. The van der Waals surface area contributed by atoms with Crippen molar-refractivity contribution in [2.24, 2.45) is 29.6 Å². The summed E-state index contributed by atoms with van der Waals surface area (Å²) >= 11 is 0. The number of aliphatic hydroxyl groups excluding tert-OH is 1. The molecule has 4 bridgehead atoms. The van der Waals surface area contributed by atoms with Gasteiger partial charge in [-0.05, 0) is 39.2 Å². The number of methoxy groups -OCH3 is 1. The van der Waals surface area contributed by atoms with E-state index in [0.29, 0.717) is 12.0 Å². The summed E-state index contributed by atoms with van der Waals surface area (Å²) in [5.74, 6) is -2.62. The minimum Gasteiger partial charge on any atom is -0.456 e. The van der Waals surface area contributed by atoms with Crippen LogP contribution in [0.15, 0.2) is 47.6 Å². The fraction of sp³-hybridized carbons (Fsp3) is 0.656. The Morgan fingerprint density at radius 1 is 1.24 bits per heavy atom. The summed E-state index contributed by atoms with van der Waals surface area (Å²) < 4.78 is 35.0. The van der Waals surface area contributed by atoms with Gasteiger partial charge in [0.2, 0.25) is 0 Å². The van der Waals surface area contributed by atoms with Gasteiger partial charge >= 0.3 is 18.1 Å². The van der Waals surface area contributed by atoms with Gasteiger partial charge in [0.25, 0.3) is 0 Å². The van der Waals surface area contributed by atoms with Crippen LogP contribution in [0.4, 0.5) is 4.79 Å². The van der Waals surface area contributed by atoms with Crippen molar-refractivity contribution in [1.29, 1.82) is 0 Å². The Morgan fingerprint density at radius 2 is 2.00 bits per heavy atom. The van der Waals surface area contributed by atoms with Crippen LogP contribution < -0.4 is 0 Å². The molecule has 0 aromatic carbocycles. The number of ether oxygens (including phenoxy) is 6. The molecule has 3 aliphatic carbocycles. The summed E-state index contributed by atoms with van der Waals surface area (Å²) in [6.45, 7) is 9.22. The third kappa shape index (κ3) is 5.11. The molecule has 0 aromatic heterocycles. The average Bonchev–Trinajstić information content (AvgIpc) is 3.55. The highest BCUT2D eigenvalue weighted by Crippen LogP contribution is 2.61. The van der Waals surface area contributed by atoms with Crippen molar-refractivity contribution in [3.63, 3.8) is 0 Å². The second-order valence-corrected chi connectivity index (χ2v) is 12.1. The Morgan fingerprint density at radius 3 is 2.67 bits per heavy atom. The van der Waals surface area contributed by atoms with Crippen LogP contribution in [0.25, 0.3) is 0 Å². The molecule has 42 heavy (non-hydrogen) atoms. The van der Waals surface area contributed by atoms with Crippen molar-refractivity contribution < 1.29 is 47.9 Å². The van der Waals surface area contributed by atoms with Gasteiger partial charge in [-0.15, -0.1) is 0 Å². The number of aliphatic hydroxyl groups is 1. The molecule has 12 atom stereocenters. The van der Waals surface area contributed by atoms with Crippen LogP contribution in [0.2, 0.25) is 0 Å². The summed E-state index contributed by atoms with van der Waals surface area (Å²) in [7, 11) is 1.45. The van der Waals surface area contributed by atoms with Crippen LogP contribution in [0.1, 0.15) is 47.5 Å². The van der Waals surface area contributed by atoms with E-state index in [-0.39, 0.29) is 36.7 Å². The first kappa shape index (κ1) is 30.5. The lowest BCUT2D eigenvalue weighted by molar-refractivity contribution is -0.174. The number of carbonyl (C=O) groups is 3. The van der Waals surface area contributed by atoms with Crippen molar-refractivity contribution in [3.8, 4) is 0 Å². The van der Waals surface area contributed by atoms with Gasteiger partial charge in [-0.2, -0.15) is 0 Å². The van der Waals surface area contributed by atoms with E-state index in [1.54, 1.807) is 19.9 Å². The van der Waals surface area contributed by atoms with Crippen molar-refractivity contribution in [2.75, 3.05) is 13.7 Å². The predicted octanol–water partition coefficient (Wildman–Crippen LogP) is 3.83. The Hall–Kier alpha value is -2.95. The van der Waals surface area contributed by atoms with E-state index in [9.17, 15) is 19.5 Å². The second-order valence-electron chi connectivity index (χ2n) is 12.1. The molecule has 0 amide bonds. The first-order valence-electron chi connectivity index (χ1n) is 14.9. The smallest absolute Gasteiger partial charge is 0.456 e. The normalized spacial score (nSPS) is 42.4. The molecular weight excluding hydrogens is 544 g/mol. The molecule has 1 saturated carbocycles. The third-order valence-electron chi connectivity index (χ3n) is 9.68. The van der Waals surface area contributed by atoms with Crippen molar-refractivity contribution in [1.82, 2.24) is 0 Å². The van der Waals surface area contributed by atoms with Gasteiger partial charge < -0.3 is 33.5 Å². The zero-order valence-corrected chi connectivity index (χ0v) is 25.1. The van der Waals surface area contributed by atoms with Crippen LogP contribution in [0, 0.1) is 29.6 Å². The standard InChI is InChI=1S/C32H42O10/c1-7-38-31(36)39-19(5)26-16(2)14-17(3)32-21(15-23(37-6)30(35)40-26)12-13-22-24(32)25(33)18(4)27(28(22)42-32)41-29(34)20-10-8-9-11-20/h8-10,12-14,16,18-19,21-28,33H,7,11,15H2,1-6H3/b17-14+/t16-,18-,19-,21?,22-,23+,24+,25-,26+,27-,28-,32+/m1/s1. The second kappa shape index (κ2) is 12.0. The van der Waals surface area contributed by atoms with Crippen LogP contribution in [0.3, 0.4) is 0 Å². The van der Waals surface area contributed by atoms with Crippen LogP contribution in [-0.4, -0.2) is 79.1 Å². The summed E-state index contributed by atoms with van der Waals surface area (Å²) in [6, 6.07) is 0. The van der Waals surface area contributed by atoms with E-state index in [4.69, 9.17) is 28.4 Å². The third-order valence-corrected chi connectivity index (χ3v) is 9.68. The molecule has 5 aliphatic rings. The number of hydrogen-bond acceptors (Lipinski definition) is 10. The Balaban J connectivity index is 1.52. The first-order valence-corrected chi connectivity index (χ1v) is 14.9. The highest BCUT2D eigenvalue weighted by molar-refractivity contribution is 5.90. The zero-order valence-electron chi connectivity index (χ0n) is 25.1. The molecule has 0 aromatic rings. The molecule has 2 aliphatic heterocycles. The molecular formula is C32H42O10. The van der Waals surface area contributed by atoms with Gasteiger partial charge in [-0.3, -0.25) is 0 Å². The van der Waals surface area contributed by atoms with Crippen LogP contribution in [-0.2, 0) is 38.0 Å². The summed E-state index contributed by atoms with van der Waals surface area (Å²) in [4.78, 5) is 38.5. The molecule has 2 fully saturated rings. The maximum atomic E-state index is 13.4. The number of esters is 2. The lowest BCUT2D eigenvalue weighted by Crippen LogP contribution is -2.57. The van der Waals surface area contributed by atoms with Gasteiger partial charge in [0.15, 0.2) is 6.10 Å². The van der Waals surface area contributed by atoms with Gasteiger partial charge in [-0.1, -0.05) is 50.3 Å². The molecule has 230 valence electrons. The van der Waals surface area contributed by atoms with Crippen LogP contribution >= 0.6 is 0 Å². The van der Waals surface area contributed by atoms with E-state index < -0.39 is 66.2 Å². The minimum atomic E-state index is -0.981. The van der Waals surface area contributed by atoms with Crippen molar-refractivity contribution in [2.45, 2.75) is 89.7 Å². The summed E-state index contributed by atoms with van der Waals surface area (Å²) in [5.41, 5.74) is 0.455. The molecule has 10 nitrogen and oxygen atoms in total. The molecule has 1 N–H and O–H groups in total. The number of cyclic esters (lactones) is 1. The topological polar surface area (TPSA) is 127 Å². The maximum Gasteiger partial charge on any atom is 0.508 e. The fourth-order valence-electron chi connectivity index (χ4n) is 7.65. The molecule has 1 unspecified atom stereocenters. The molecule has 0 radical (unpaired) electrons. The van der Waals surface area contributed by atoms with E-state index in [0.717, 1.165) is 5.57 Å². The fourth-order valence-corrected chi connectivity index (χ4v) is 7.65. The summed E-state index contributed by atoms with van der Waals surface area (Å²) in [6.07, 6.45) is 6.89. The predicted molar refractivity (Wildman–Crippen MR) is 150 cm³/mol. The number of allylic oxidation sites excluding steroid dienone is 3. The number of rotatable bonds is 6. The highest BCUT2D eigenvalue weighted by Gasteiger charge is 2.69. The monoisotopic (exact) mass is 586 g/mol. The van der Waals surface area contributed by atoms with Gasteiger partial charge in [0.05, 0.1) is 12.7 Å². The Bertz CT molecular complexity index is 1200. The average molecular weight is 587 g/mol. The lowest BCUT2D eigenvalue weighted by atomic mass is 9.57. The SMILES string of the molecule is CCOC(=O)O[C@H](C)[C@H]1OC(=O)[C@@H](OC)CC2C=C[C@H]3[C@H]4O[C@]2(/C(C)=C/[C@H]1C)[C@@H]3[C@H](O)[C@@H](C)[C@H]4OC(=O)C1=CC=CC1. The summed E-state index contributed by atoms with van der Waals surface area (Å²) in [5, 5.41) is 11.8. The molecule has 1 spiro atoms. The minimum absolute atomic E-state index is 0.153. The Kier molecular flexibility index (Phi) is 8.70. The van der Waals surface area contributed by atoms with E-state index in [1.807, 2.05) is 51.2 Å². The molecule has 2 heterocycles. The number of carbonyl (C=O) groups excluding carboxylic acids is 3. The largest absolute Gasteiger partial charge is 0.508 e. The van der Waals surface area contributed by atoms with Crippen molar-refractivity contribution in [3.05, 3.63) is 47.6 Å². The van der Waals surface area contributed by atoms with E-state index in [1.165, 1.54) is 7.11 Å². The zero-order chi connectivity index (χ0) is 30.3. The van der Waals surface area contributed by atoms with Gasteiger partial charge in [0, 0.05) is 42.3 Å². The molecule has 10 heteroatoms. The molecule has 5 rings (SSSR count). The highest BCUT2D eigenvalue weighted by atomic mass is 16.7. The van der Waals surface area contributed by atoms with Gasteiger partial charge in [-0.25, -0.2) is 14.4 Å². The van der Waals surface area contributed by atoms with E-state index >= 15 is 0 Å². The lowest BCUT2D eigenvalue weighted by Gasteiger charge is -2.48. The van der Waals surface area contributed by atoms with Gasteiger partial charge in [0.1, 0.15) is 30.0 Å². The maximum absolute atomic E-state index is 13.4.